The Morgan fingerprint density at radius 2 is 1.38 bits per heavy atom. The van der Waals surface area contributed by atoms with Gasteiger partial charge in [-0.05, 0) is 0 Å². The highest BCUT2D eigenvalue weighted by Gasteiger charge is 2.35. The van der Waals surface area contributed by atoms with Gasteiger partial charge in [-0.15, -0.1) is 0 Å². The lowest BCUT2D eigenvalue weighted by molar-refractivity contribution is -0.140. The van der Waals surface area contributed by atoms with E-state index in [1.165, 1.54) is 0 Å². The normalized spacial score (nSPS) is 13.8. The van der Waals surface area contributed by atoms with E-state index in [4.69, 9.17) is 21.7 Å². The fraction of sp³-hybridized carbons (Fsp3) is 0.667. The summed E-state index contributed by atoms with van der Waals surface area (Å²) in [4.78, 5) is 21.7. The highest BCUT2D eigenvalue weighted by molar-refractivity contribution is 7.34. The highest BCUT2D eigenvalue weighted by atomic mass is 31.1. The molecule has 6 N–H and O–H groups in total. The highest BCUT2D eigenvalue weighted by Crippen LogP contribution is 2.24. The molecule has 2 atom stereocenters. The first-order chi connectivity index (χ1) is 7.42. The van der Waals surface area contributed by atoms with Crippen LogP contribution in [0.4, 0.5) is 0 Å². The standard InChI is InChI=1S/C6H12N2O7P/c7-3(1-9)5(11)14-16(13)15-6(12)4(8)2-10/h3-4,9-10H,1-2,7-8H2/q+1/t3-,4-/m0/s1. The molecule has 16 heavy (non-hydrogen) atoms. The van der Waals surface area contributed by atoms with Crippen molar-refractivity contribution in [2.24, 2.45) is 11.5 Å². The second-order valence-corrected chi connectivity index (χ2v) is 3.43. The van der Waals surface area contributed by atoms with Gasteiger partial charge in [0.15, 0.2) is 0 Å². The predicted octanol–water partition coefficient (Wildman–Crippen LogP) is -2.63. The Hall–Kier alpha value is -1.12. The molecule has 0 aromatic carbocycles. The van der Waals surface area contributed by atoms with E-state index >= 15 is 0 Å². The van der Waals surface area contributed by atoms with Crippen molar-refractivity contribution >= 4 is 20.2 Å². The smallest absolute Gasteiger partial charge is 0.394 e. The van der Waals surface area contributed by atoms with E-state index in [1.807, 2.05) is 0 Å². The van der Waals surface area contributed by atoms with Crippen LogP contribution in [0.2, 0.25) is 0 Å². The first-order valence-electron chi connectivity index (χ1n) is 4.06. The molecule has 0 heterocycles. The number of nitrogens with two attached hydrogens (primary N) is 2. The average molecular weight is 255 g/mol. The van der Waals surface area contributed by atoms with Crippen molar-refractivity contribution in [3.05, 3.63) is 0 Å². The molecule has 0 radical (unpaired) electrons. The van der Waals surface area contributed by atoms with E-state index in [1.54, 1.807) is 0 Å². The number of aliphatic hydroxyl groups excluding tert-OH is 2. The van der Waals surface area contributed by atoms with Gasteiger partial charge >= 0.3 is 20.2 Å². The van der Waals surface area contributed by atoms with Crippen molar-refractivity contribution < 1.29 is 33.4 Å². The van der Waals surface area contributed by atoms with Crippen LogP contribution in [0.25, 0.3) is 0 Å². The van der Waals surface area contributed by atoms with Crippen LogP contribution >= 0.6 is 8.25 Å². The molecule has 0 unspecified atom stereocenters. The van der Waals surface area contributed by atoms with Gasteiger partial charge < -0.3 is 21.7 Å². The third-order valence-corrected chi connectivity index (χ3v) is 1.99. The number of rotatable bonds is 6. The minimum absolute atomic E-state index is 0.702. The maximum absolute atomic E-state index is 10.9. The number of carbonyl (C=O) groups is 2. The zero-order valence-corrected chi connectivity index (χ0v) is 9.00. The molecule has 0 aliphatic rings. The van der Waals surface area contributed by atoms with Gasteiger partial charge in [0, 0.05) is 4.57 Å². The molecule has 92 valence electrons. The SMILES string of the molecule is N[C@@H](CO)C(=O)O[P+](=O)OC(=O)[C@@H](N)CO. The lowest BCUT2D eigenvalue weighted by atomic mass is 10.3. The summed E-state index contributed by atoms with van der Waals surface area (Å²) in [6.07, 6.45) is 0. The number of hydrogen-bond donors (Lipinski definition) is 4. The Morgan fingerprint density at radius 3 is 1.62 bits per heavy atom. The first-order valence-corrected chi connectivity index (χ1v) is 5.15. The molecule has 0 saturated carbocycles. The molecule has 0 fully saturated rings. The summed E-state index contributed by atoms with van der Waals surface area (Å²) in [5.41, 5.74) is 10.0. The molecule has 0 rings (SSSR count). The summed E-state index contributed by atoms with van der Waals surface area (Å²) < 4.78 is 19.0. The summed E-state index contributed by atoms with van der Waals surface area (Å²) in [6.45, 7) is -1.40. The van der Waals surface area contributed by atoms with Crippen LogP contribution in [0.5, 0.6) is 0 Å². The molecule has 0 spiro atoms. The Kier molecular flexibility index (Phi) is 6.70. The molecule has 0 aliphatic heterocycles. The maximum Gasteiger partial charge on any atom is 0.811 e. The van der Waals surface area contributed by atoms with Crippen molar-refractivity contribution in [3.63, 3.8) is 0 Å². The van der Waals surface area contributed by atoms with E-state index in [9.17, 15) is 14.2 Å². The van der Waals surface area contributed by atoms with E-state index in [2.05, 4.69) is 9.05 Å². The van der Waals surface area contributed by atoms with Crippen LogP contribution in [0.1, 0.15) is 0 Å². The van der Waals surface area contributed by atoms with Crippen LogP contribution in [0.3, 0.4) is 0 Å². The van der Waals surface area contributed by atoms with Crippen LogP contribution in [0.15, 0.2) is 0 Å². The van der Waals surface area contributed by atoms with E-state index < -0.39 is 45.5 Å². The zero-order chi connectivity index (χ0) is 12.7. The molecule has 0 bridgehead atoms. The topological polar surface area (TPSA) is 162 Å². The van der Waals surface area contributed by atoms with Gasteiger partial charge in [0.1, 0.15) is 12.1 Å². The minimum Gasteiger partial charge on any atom is -0.394 e. The van der Waals surface area contributed by atoms with Gasteiger partial charge in [0.2, 0.25) is 0 Å². The molecule has 0 aromatic heterocycles. The average Bonchev–Trinajstić information content (AvgIpc) is 2.26. The van der Waals surface area contributed by atoms with Gasteiger partial charge in [0.25, 0.3) is 0 Å². The second-order valence-electron chi connectivity index (χ2n) is 2.62. The van der Waals surface area contributed by atoms with Crippen LogP contribution < -0.4 is 11.5 Å². The van der Waals surface area contributed by atoms with Crippen molar-refractivity contribution in [1.82, 2.24) is 0 Å². The summed E-state index contributed by atoms with van der Waals surface area (Å²) in [5.74, 6) is -2.37. The van der Waals surface area contributed by atoms with Crippen LogP contribution in [-0.2, 0) is 23.2 Å². The fourth-order valence-electron chi connectivity index (χ4n) is 0.450. The minimum atomic E-state index is -3.07. The molecular formula is C6H12N2O7P+. The first kappa shape index (κ1) is 14.9. The lowest BCUT2D eigenvalue weighted by Gasteiger charge is -2.01. The van der Waals surface area contributed by atoms with Crippen LogP contribution in [0, 0.1) is 0 Å². The third-order valence-electron chi connectivity index (χ3n) is 1.33. The summed E-state index contributed by atoms with van der Waals surface area (Å²) in [7, 11) is -3.07. The Bertz CT molecular complexity index is 258. The largest absolute Gasteiger partial charge is 0.811 e. The molecule has 0 amide bonds. The summed E-state index contributed by atoms with van der Waals surface area (Å²) >= 11 is 0. The van der Waals surface area contributed by atoms with E-state index in [0.717, 1.165) is 0 Å². The zero-order valence-electron chi connectivity index (χ0n) is 8.11. The maximum atomic E-state index is 10.9. The predicted molar refractivity (Wildman–Crippen MR) is 49.9 cm³/mol. The number of carbonyl (C=O) groups excluding carboxylic acids is 2. The summed E-state index contributed by atoms with van der Waals surface area (Å²) in [6, 6.07) is -2.74. The van der Waals surface area contributed by atoms with Gasteiger partial charge in [-0.1, -0.05) is 0 Å². The quantitative estimate of drug-likeness (QED) is 0.372. The van der Waals surface area contributed by atoms with Gasteiger partial charge in [-0.3, -0.25) is 0 Å². The molecule has 9 nitrogen and oxygen atoms in total. The second kappa shape index (κ2) is 7.20. The van der Waals surface area contributed by atoms with Gasteiger partial charge in [-0.25, -0.2) is 9.59 Å². The van der Waals surface area contributed by atoms with Crippen molar-refractivity contribution in [2.45, 2.75) is 12.1 Å². The number of hydrogen-bond acceptors (Lipinski definition) is 9. The molecule has 10 heteroatoms. The van der Waals surface area contributed by atoms with E-state index in [0.29, 0.717) is 0 Å². The Morgan fingerprint density at radius 1 is 1.06 bits per heavy atom. The number of aliphatic hydroxyl groups is 2. The van der Waals surface area contributed by atoms with Gasteiger partial charge in [-0.2, -0.15) is 9.05 Å². The molecule has 0 aromatic rings. The van der Waals surface area contributed by atoms with Gasteiger partial charge in [0.05, 0.1) is 13.2 Å². The molecule has 0 saturated heterocycles. The van der Waals surface area contributed by atoms with Crippen LogP contribution in [-0.4, -0.2) is 47.4 Å². The van der Waals surface area contributed by atoms with Crippen molar-refractivity contribution in [2.75, 3.05) is 13.2 Å². The molecule has 0 aliphatic carbocycles. The van der Waals surface area contributed by atoms with E-state index in [-0.39, 0.29) is 0 Å². The monoisotopic (exact) mass is 255 g/mol. The third kappa shape index (κ3) is 5.10. The van der Waals surface area contributed by atoms with Crippen molar-refractivity contribution in [1.29, 1.82) is 0 Å². The fourth-order valence-corrected chi connectivity index (χ4v) is 1.05. The summed E-state index contributed by atoms with van der Waals surface area (Å²) in [5, 5.41) is 16.9. The van der Waals surface area contributed by atoms with Crippen molar-refractivity contribution in [3.8, 4) is 0 Å². The molecular weight excluding hydrogens is 243 g/mol. The Balaban J connectivity index is 4.09. The lowest BCUT2D eigenvalue weighted by Crippen LogP contribution is -2.36. The Labute approximate surface area is 91.3 Å².